The second-order valence-electron chi connectivity index (χ2n) is 6.62. The Bertz CT molecular complexity index is 933. The quantitative estimate of drug-likeness (QED) is 0.590. The lowest BCUT2D eigenvalue weighted by molar-refractivity contribution is -0.384. The number of nitrogens with one attached hydrogen (secondary N) is 1. The number of hydrogen-bond donors (Lipinski definition) is 1. The van der Waals surface area contributed by atoms with Crippen molar-refractivity contribution in [2.24, 2.45) is 0 Å². The number of rotatable bonds is 6. The topological polar surface area (TPSA) is 112 Å². The van der Waals surface area contributed by atoms with Crippen molar-refractivity contribution >= 4 is 28.7 Å². The summed E-state index contributed by atoms with van der Waals surface area (Å²) in [5.74, 6) is -0.316. The molecule has 2 aromatic carbocycles. The first kappa shape index (κ1) is 20.1. The molecule has 29 heavy (non-hydrogen) atoms. The Labute approximate surface area is 168 Å². The van der Waals surface area contributed by atoms with E-state index in [4.69, 9.17) is 10.00 Å². The Morgan fingerprint density at radius 2 is 1.97 bits per heavy atom. The van der Waals surface area contributed by atoms with Gasteiger partial charge in [0, 0.05) is 37.6 Å². The first-order valence-corrected chi connectivity index (χ1v) is 9.10. The van der Waals surface area contributed by atoms with Gasteiger partial charge in [-0.1, -0.05) is 0 Å². The third kappa shape index (κ3) is 5.00. The minimum absolute atomic E-state index is 0.0963. The number of nitrogens with zero attached hydrogens (tertiary/aromatic N) is 4. The normalized spacial score (nSPS) is 13.4. The van der Waals surface area contributed by atoms with Crippen molar-refractivity contribution in [2.75, 3.05) is 55.0 Å². The number of nitriles is 1. The number of nitro benzene ring substituents is 1. The molecule has 1 amide bonds. The van der Waals surface area contributed by atoms with Crippen molar-refractivity contribution in [3.8, 4) is 6.07 Å². The van der Waals surface area contributed by atoms with Gasteiger partial charge in [0.2, 0.25) is 5.91 Å². The van der Waals surface area contributed by atoms with Gasteiger partial charge in [0.25, 0.3) is 5.69 Å². The summed E-state index contributed by atoms with van der Waals surface area (Å²) in [5, 5.41) is 23.1. The van der Waals surface area contributed by atoms with Gasteiger partial charge < -0.3 is 19.9 Å². The number of benzene rings is 2. The van der Waals surface area contributed by atoms with E-state index in [1.165, 1.54) is 23.1 Å². The van der Waals surface area contributed by atoms with E-state index in [1.54, 1.807) is 7.05 Å². The Balaban J connectivity index is 1.65. The van der Waals surface area contributed by atoms with E-state index in [2.05, 4.69) is 10.2 Å². The van der Waals surface area contributed by atoms with Crippen molar-refractivity contribution in [3.05, 3.63) is 58.1 Å². The van der Waals surface area contributed by atoms with E-state index in [-0.39, 0.29) is 29.4 Å². The largest absolute Gasteiger partial charge is 0.378 e. The van der Waals surface area contributed by atoms with Crippen LogP contribution in [0.5, 0.6) is 0 Å². The van der Waals surface area contributed by atoms with E-state index in [0.717, 1.165) is 18.8 Å². The maximum atomic E-state index is 12.4. The Hall–Kier alpha value is -3.64. The van der Waals surface area contributed by atoms with Gasteiger partial charge in [-0.25, -0.2) is 0 Å². The molecule has 150 valence electrons. The van der Waals surface area contributed by atoms with Crippen LogP contribution in [0, 0.1) is 21.4 Å². The lowest BCUT2D eigenvalue weighted by Crippen LogP contribution is -2.36. The van der Waals surface area contributed by atoms with Crippen LogP contribution < -0.4 is 15.1 Å². The number of anilines is 3. The first-order chi connectivity index (χ1) is 14.0. The van der Waals surface area contributed by atoms with Gasteiger partial charge in [-0.15, -0.1) is 0 Å². The highest BCUT2D eigenvalue weighted by Crippen LogP contribution is 2.28. The molecule has 0 unspecified atom stereocenters. The maximum Gasteiger partial charge on any atom is 0.292 e. The molecule has 0 atom stereocenters. The van der Waals surface area contributed by atoms with E-state index in [0.29, 0.717) is 18.9 Å². The van der Waals surface area contributed by atoms with Crippen molar-refractivity contribution in [1.82, 2.24) is 0 Å². The zero-order valence-corrected chi connectivity index (χ0v) is 16.0. The number of nitro groups is 1. The van der Waals surface area contributed by atoms with Gasteiger partial charge in [0.1, 0.15) is 5.69 Å². The zero-order valence-electron chi connectivity index (χ0n) is 16.0. The summed E-state index contributed by atoms with van der Waals surface area (Å²) in [4.78, 5) is 26.8. The number of amides is 1. The predicted octanol–water partition coefficient (Wildman–Crippen LogP) is 2.38. The van der Waals surface area contributed by atoms with E-state index >= 15 is 0 Å². The van der Waals surface area contributed by atoms with Gasteiger partial charge in [0.15, 0.2) is 0 Å². The van der Waals surface area contributed by atoms with Gasteiger partial charge in [-0.05, 0) is 36.4 Å². The summed E-state index contributed by atoms with van der Waals surface area (Å²) < 4.78 is 5.35. The highest BCUT2D eigenvalue weighted by molar-refractivity contribution is 5.94. The summed E-state index contributed by atoms with van der Waals surface area (Å²) in [6.45, 7) is 2.96. The second-order valence-corrected chi connectivity index (χ2v) is 6.62. The van der Waals surface area contributed by atoms with Crippen molar-refractivity contribution in [1.29, 1.82) is 5.26 Å². The Morgan fingerprint density at radius 3 is 2.59 bits per heavy atom. The van der Waals surface area contributed by atoms with Crippen LogP contribution in [0.15, 0.2) is 42.5 Å². The lowest BCUT2D eigenvalue weighted by Gasteiger charge is -2.29. The number of carbonyl (C=O) groups excluding carboxylic acids is 1. The van der Waals surface area contributed by atoms with Crippen molar-refractivity contribution in [3.63, 3.8) is 0 Å². The number of hydrogen-bond acceptors (Lipinski definition) is 7. The Morgan fingerprint density at radius 1 is 1.28 bits per heavy atom. The average Bonchev–Trinajstić information content (AvgIpc) is 2.74. The molecule has 1 heterocycles. The second kappa shape index (κ2) is 9.03. The van der Waals surface area contributed by atoms with Crippen LogP contribution in [-0.2, 0) is 9.53 Å². The summed E-state index contributed by atoms with van der Waals surface area (Å²) in [7, 11) is 1.57. The summed E-state index contributed by atoms with van der Waals surface area (Å²) in [5.41, 5.74) is 2.05. The molecule has 0 aromatic heterocycles. The maximum absolute atomic E-state index is 12.4. The molecule has 0 bridgehead atoms. The molecule has 9 heteroatoms. The average molecular weight is 395 g/mol. The van der Waals surface area contributed by atoms with Crippen LogP contribution in [0.2, 0.25) is 0 Å². The number of carbonyl (C=O) groups is 1. The summed E-state index contributed by atoms with van der Waals surface area (Å²) in [6.07, 6.45) is 0. The van der Waals surface area contributed by atoms with Crippen LogP contribution in [0.3, 0.4) is 0 Å². The molecular formula is C20H21N5O4. The van der Waals surface area contributed by atoms with E-state index < -0.39 is 4.92 Å². The number of morpholine rings is 1. The van der Waals surface area contributed by atoms with Gasteiger partial charge in [0.05, 0.1) is 36.3 Å². The number of ether oxygens (including phenoxy) is 1. The first-order valence-electron chi connectivity index (χ1n) is 9.10. The monoisotopic (exact) mass is 395 g/mol. The van der Waals surface area contributed by atoms with Crippen LogP contribution >= 0.6 is 0 Å². The highest BCUT2D eigenvalue weighted by atomic mass is 16.6. The van der Waals surface area contributed by atoms with Crippen molar-refractivity contribution < 1.29 is 14.5 Å². The number of likely N-dealkylation sites (N-methyl/N-ethyl adjacent to an activating group) is 1. The molecule has 1 N–H and O–H groups in total. The van der Waals surface area contributed by atoms with E-state index in [1.807, 2.05) is 30.3 Å². The molecule has 1 aliphatic heterocycles. The molecule has 0 aliphatic carbocycles. The molecule has 0 saturated carbocycles. The molecular weight excluding hydrogens is 374 g/mol. The summed E-state index contributed by atoms with van der Waals surface area (Å²) in [6, 6.07) is 13.5. The van der Waals surface area contributed by atoms with Crippen LogP contribution in [-0.4, -0.2) is 50.7 Å². The van der Waals surface area contributed by atoms with Crippen LogP contribution in [0.1, 0.15) is 5.56 Å². The van der Waals surface area contributed by atoms with Crippen LogP contribution in [0.4, 0.5) is 22.7 Å². The standard InChI is InChI=1S/C20H21N5O4/c1-23(19-12-15(13-21)2-7-18(19)25(27)28)14-20(26)22-16-3-5-17(6-4-16)24-8-10-29-11-9-24/h2-7,12H,8-11,14H2,1H3,(H,22,26). The highest BCUT2D eigenvalue weighted by Gasteiger charge is 2.19. The molecule has 0 radical (unpaired) electrons. The zero-order chi connectivity index (χ0) is 20.8. The molecule has 9 nitrogen and oxygen atoms in total. The molecule has 0 spiro atoms. The predicted molar refractivity (Wildman–Crippen MR) is 109 cm³/mol. The van der Waals surface area contributed by atoms with Crippen molar-refractivity contribution in [2.45, 2.75) is 0 Å². The third-order valence-corrected chi connectivity index (χ3v) is 4.62. The van der Waals surface area contributed by atoms with Crippen LogP contribution in [0.25, 0.3) is 0 Å². The molecule has 3 rings (SSSR count). The fourth-order valence-electron chi connectivity index (χ4n) is 3.13. The molecule has 1 fully saturated rings. The summed E-state index contributed by atoms with van der Waals surface area (Å²) >= 11 is 0. The lowest BCUT2D eigenvalue weighted by atomic mass is 10.1. The molecule has 1 saturated heterocycles. The molecule has 2 aromatic rings. The Kier molecular flexibility index (Phi) is 6.26. The SMILES string of the molecule is CN(CC(=O)Nc1ccc(N2CCOCC2)cc1)c1cc(C#N)ccc1[N+](=O)[O-]. The van der Waals surface area contributed by atoms with Gasteiger partial charge in [-0.3, -0.25) is 14.9 Å². The van der Waals surface area contributed by atoms with Gasteiger partial charge in [-0.2, -0.15) is 5.26 Å². The molecule has 1 aliphatic rings. The minimum atomic E-state index is -0.532. The third-order valence-electron chi connectivity index (χ3n) is 4.62. The fourth-order valence-corrected chi connectivity index (χ4v) is 3.13. The fraction of sp³-hybridized carbons (Fsp3) is 0.300. The smallest absolute Gasteiger partial charge is 0.292 e. The minimum Gasteiger partial charge on any atom is -0.378 e. The van der Waals surface area contributed by atoms with E-state index in [9.17, 15) is 14.9 Å². The van der Waals surface area contributed by atoms with Gasteiger partial charge >= 0.3 is 0 Å².